The summed E-state index contributed by atoms with van der Waals surface area (Å²) in [7, 11) is 4.42. The molecule has 7 nitrogen and oxygen atoms in total. The zero-order valence-corrected chi connectivity index (χ0v) is 14.0. The molecule has 2 atom stereocenters. The van der Waals surface area contributed by atoms with E-state index >= 15 is 0 Å². The van der Waals surface area contributed by atoms with Crippen molar-refractivity contribution in [3.05, 3.63) is 41.5 Å². The number of fused-ring (bicyclic) bond motifs is 1. The molecule has 1 heterocycles. The Bertz CT molecular complexity index is 815. The highest BCUT2D eigenvalue weighted by molar-refractivity contribution is 6.05. The summed E-state index contributed by atoms with van der Waals surface area (Å²) in [6, 6.07) is 7.50. The van der Waals surface area contributed by atoms with Crippen molar-refractivity contribution in [1.29, 1.82) is 0 Å². The minimum absolute atomic E-state index is 0.0126. The Kier molecular flexibility index (Phi) is 4.41. The molecule has 3 rings (SSSR count). The van der Waals surface area contributed by atoms with Gasteiger partial charge in [0.15, 0.2) is 23.7 Å². The molecule has 0 amide bonds. The van der Waals surface area contributed by atoms with Gasteiger partial charge >= 0.3 is 0 Å². The summed E-state index contributed by atoms with van der Waals surface area (Å²) >= 11 is 0. The van der Waals surface area contributed by atoms with E-state index in [9.17, 15) is 15.0 Å². The normalized spacial score (nSPS) is 19.1. The number of rotatable bonds is 4. The highest BCUT2D eigenvalue weighted by atomic mass is 16.5. The third-order valence-electron chi connectivity index (χ3n) is 4.09. The quantitative estimate of drug-likeness (QED) is 0.878. The van der Waals surface area contributed by atoms with Gasteiger partial charge in [0.2, 0.25) is 5.78 Å². The lowest BCUT2D eigenvalue weighted by Crippen LogP contribution is -2.37. The second-order valence-electron chi connectivity index (χ2n) is 5.51. The van der Waals surface area contributed by atoms with Gasteiger partial charge in [0.25, 0.3) is 0 Å². The standard InChI is InChI=1S/C18H18O7/c1-22-12-5-4-9(6-13(12)23-2)17-18(24-3)16(21)15-11(20)7-10(19)8-14(15)25-17/h4-8,17-20H,1-3H3. The molecule has 132 valence electrons. The van der Waals surface area contributed by atoms with Crippen LogP contribution >= 0.6 is 0 Å². The molecule has 2 unspecified atom stereocenters. The molecule has 2 aromatic carbocycles. The van der Waals surface area contributed by atoms with Crippen LogP contribution in [0.1, 0.15) is 22.0 Å². The van der Waals surface area contributed by atoms with E-state index in [0.29, 0.717) is 17.1 Å². The molecule has 0 saturated carbocycles. The summed E-state index contributed by atoms with van der Waals surface area (Å²) in [4.78, 5) is 12.7. The molecule has 0 bridgehead atoms. The number of aromatic hydroxyl groups is 2. The fraction of sp³-hybridized carbons (Fsp3) is 0.278. The minimum Gasteiger partial charge on any atom is -0.508 e. The molecule has 1 aliphatic heterocycles. The summed E-state index contributed by atoms with van der Waals surface area (Å²) in [5.74, 6) is 0.129. The number of ketones is 1. The van der Waals surface area contributed by atoms with Gasteiger partial charge in [-0.25, -0.2) is 0 Å². The van der Waals surface area contributed by atoms with Crippen molar-refractivity contribution in [2.75, 3.05) is 21.3 Å². The van der Waals surface area contributed by atoms with Crippen LogP contribution in [0.3, 0.4) is 0 Å². The van der Waals surface area contributed by atoms with Gasteiger partial charge in [-0.15, -0.1) is 0 Å². The molecule has 7 heteroatoms. The first-order valence-electron chi connectivity index (χ1n) is 7.51. The number of ether oxygens (including phenoxy) is 4. The Morgan fingerprint density at radius 1 is 1.00 bits per heavy atom. The lowest BCUT2D eigenvalue weighted by atomic mass is 9.92. The number of Topliss-reactive ketones (excluding diaryl/α,β-unsaturated/α-hetero) is 1. The van der Waals surface area contributed by atoms with Crippen LogP contribution in [0.15, 0.2) is 30.3 Å². The molecule has 1 aliphatic rings. The number of carbonyl (C=O) groups is 1. The number of methoxy groups -OCH3 is 3. The molecule has 2 aromatic rings. The smallest absolute Gasteiger partial charge is 0.203 e. The fourth-order valence-corrected chi connectivity index (χ4v) is 2.91. The Hall–Kier alpha value is -2.93. The van der Waals surface area contributed by atoms with E-state index in [-0.39, 0.29) is 22.8 Å². The average Bonchev–Trinajstić information content (AvgIpc) is 2.60. The Morgan fingerprint density at radius 2 is 1.72 bits per heavy atom. The molecule has 0 fully saturated rings. The summed E-state index contributed by atoms with van der Waals surface area (Å²) < 4.78 is 21.7. The predicted octanol–water partition coefficient (Wildman–Crippen LogP) is 2.45. The highest BCUT2D eigenvalue weighted by Gasteiger charge is 2.40. The van der Waals surface area contributed by atoms with Crippen molar-refractivity contribution in [3.8, 4) is 28.7 Å². The second-order valence-corrected chi connectivity index (χ2v) is 5.51. The van der Waals surface area contributed by atoms with E-state index in [4.69, 9.17) is 18.9 Å². The lowest BCUT2D eigenvalue weighted by molar-refractivity contribution is -0.00115. The molecular formula is C18H18O7. The molecule has 0 aromatic heterocycles. The summed E-state index contributed by atoms with van der Waals surface area (Å²) in [6.07, 6.45) is -1.73. The van der Waals surface area contributed by atoms with Crippen molar-refractivity contribution >= 4 is 5.78 Å². The average molecular weight is 346 g/mol. The Labute approximate surface area is 144 Å². The van der Waals surface area contributed by atoms with Gasteiger partial charge in [-0.05, 0) is 17.7 Å². The number of phenols is 2. The number of hydrogen-bond acceptors (Lipinski definition) is 7. The van der Waals surface area contributed by atoms with Gasteiger partial charge < -0.3 is 29.2 Å². The van der Waals surface area contributed by atoms with Crippen LogP contribution in [-0.2, 0) is 4.74 Å². The summed E-state index contributed by atoms with van der Waals surface area (Å²) in [5, 5.41) is 19.6. The van der Waals surface area contributed by atoms with Crippen molar-refractivity contribution in [2.45, 2.75) is 12.2 Å². The molecule has 0 spiro atoms. The second kappa shape index (κ2) is 6.52. The van der Waals surface area contributed by atoms with Crippen molar-refractivity contribution in [1.82, 2.24) is 0 Å². The zero-order valence-electron chi connectivity index (χ0n) is 14.0. The van der Waals surface area contributed by atoms with E-state index in [1.54, 1.807) is 18.2 Å². The van der Waals surface area contributed by atoms with Crippen LogP contribution in [0, 0.1) is 0 Å². The van der Waals surface area contributed by atoms with Crippen LogP contribution in [0.25, 0.3) is 0 Å². The SMILES string of the molecule is COc1ccc(C2Oc3cc(O)cc(O)c3C(=O)C2OC)cc1OC. The number of carbonyl (C=O) groups excluding carboxylic acids is 1. The van der Waals surface area contributed by atoms with Gasteiger partial charge in [-0.2, -0.15) is 0 Å². The van der Waals surface area contributed by atoms with Crippen molar-refractivity contribution in [2.24, 2.45) is 0 Å². The van der Waals surface area contributed by atoms with Crippen molar-refractivity contribution in [3.63, 3.8) is 0 Å². The van der Waals surface area contributed by atoms with Gasteiger partial charge in [-0.3, -0.25) is 4.79 Å². The first-order valence-corrected chi connectivity index (χ1v) is 7.51. The minimum atomic E-state index is -0.957. The number of hydrogen-bond donors (Lipinski definition) is 2. The monoisotopic (exact) mass is 346 g/mol. The Balaban J connectivity index is 2.09. The zero-order chi connectivity index (χ0) is 18.1. The maximum atomic E-state index is 12.7. The molecule has 0 radical (unpaired) electrons. The molecule has 0 saturated heterocycles. The molecule has 2 N–H and O–H groups in total. The van der Waals surface area contributed by atoms with E-state index < -0.39 is 18.0 Å². The topological polar surface area (TPSA) is 94.5 Å². The van der Waals surface area contributed by atoms with Crippen LogP contribution in [0.2, 0.25) is 0 Å². The summed E-state index contributed by atoms with van der Waals surface area (Å²) in [5.41, 5.74) is 0.618. The highest BCUT2D eigenvalue weighted by Crippen LogP contribution is 2.43. The number of benzene rings is 2. The molecular weight excluding hydrogens is 328 g/mol. The van der Waals surface area contributed by atoms with E-state index in [1.165, 1.54) is 27.4 Å². The molecule has 0 aliphatic carbocycles. The summed E-state index contributed by atoms with van der Waals surface area (Å²) in [6.45, 7) is 0. The van der Waals surface area contributed by atoms with Crippen LogP contribution in [0.5, 0.6) is 28.7 Å². The van der Waals surface area contributed by atoms with E-state index in [1.807, 2.05) is 0 Å². The van der Waals surface area contributed by atoms with Gasteiger partial charge in [0.05, 0.1) is 14.2 Å². The third-order valence-corrected chi connectivity index (χ3v) is 4.09. The first kappa shape index (κ1) is 16.9. The Morgan fingerprint density at radius 3 is 2.36 bits per heavy atom. The maximum Gasteiger partial charge on any atom is 0.203 e. The predicted molar refractivity (Wildman–Crippen MR) is 87.8 cm³/mol. The van der Waals surface area contributed by atoms with Gasteiger partial charge in [0, 0.05) is 19.2 Å². The van der Waals surface area contributed by atoms with Crippen LogP contribution < -0.4 is 14.2 Å². The number of phenolic OH excluding ortho intramolecular Hbond substituents is 2. The maximum absolute atomic E-state index is 12.7. The third kappa shape index (κ3) is 2.83. The van der Waals surface area contributed by atoms with Gasteiger partial charge in [-0.1, -0.05) is 6.07 Å². The fourth-order valence-electron chi connectivity index (χ4n) is 2.91. The van der Waals surface area contributed by atoms with Crippen LogP contribution in [-0.4, -0.2) is 43.4 Å². The van der Waals surface area contributed by atoms with E-state index in [2.05, 4.69) is 0 Å². The van der Waals surface area contributed by atoms with E-state index in [0.717, 1.165) is 6.07 Å². The largest absolute Gasteiger partial charge is 0.508 e. The molecule has 25 heavy (non-hydrogen) atoms. The van der Waals surface area contributed by atoms with Crippen molar-refractivity contribution < 1.29 is 34.0 Å². The first-order chi connectivity index (χ1) is 12.0. The van der Waals surface area contributed by atoms with Crippen LogP contribution in [0.4, 0.5) is 0 Å². The van der Waals surface area contributed by atoms with Gasteiger partial charge in [0.1, 0.15) is 22.8 Å². The lowest BCUT2D eigenvalue weighted by Gasteiger charge is -2.32.